The van der Waals surface area contributed by atoms with Crippen LogP contribution in [0.3, 0.4) is 0 Å². The third-order valence-electron chi connectivity index (χ3n) is 2.27. The molecule has 0 fully saturated rings. The van der Waals surface area contributed by atoms with Gasteiger partial charge in [0.2, 0.25) is 0 Å². The van der Waals surface area contributed by atoms with Crippen molar-refractivity contribution in [3.8, 4) is 0 Å². The van der Waals surface area contributed by atoms with Crippen LogP contribution in [0.15, 0.2) is 24.4 Å². The van der Waals surface area contributed by atoms with Crippen molar-refractivity contribution in [3.63, 3.8) is 0 Å². The highest BCUT2D eigenvalue weighted by molar-refractivity contribution is 5.77. The lowest BCUT2D eigenvalue weighted by molar-refractivity contribution is 0.866. The zero-order chi connectivity index (χ0) is 10.1. The van der Waals surface area contributed by atoms with Gasteiger partial charge in [-0.2, -0.15) is 0 Å². The van der Waals surface area contributed by atoms with E-state index in [-0.39, 0.29) is 0 Å². The fourth-order valence-electron chi connectivity index (χ4n) is 1.50. The van der Waals surface area contributed by atoms with E-state index in [0.29, 0.717) is 11.7 Å². The highest BCUT2D eigenvalue weighted by Gasteiger charge is 2.07. The van der Waals surface area contributed by atoms with E-state index in [2.05, 4.69) is 29.9 Å². The number of pyridine rings is 2. The summed E-state index contributed by atoms with van der Waals surface area (Å²) in [6.07, 6.45) is 1.73. The molecule has 0 unspecified atom stereocenters. The van der Waals surface area contributed by atoms with E-state index in [1.807, 2.05) is 12.1 Å². The fraction of sp³-hybridized carbons (Fsp3) is 0.273. The van der Waals surface area contributed by atoms with Gasteiger partial charge >= 0.3 is 0 Å². The lowest BCUT2D eigenvalue weighted by atomic mass is 10.0. The zero-order valence-electron chi connectivity index (χ0n) is 8.36. The van der Waals surface area contributed by atoms with Gasteiger partial charge in [0.25, 0.3) is 0 Å². The van der Waals surface area contributed by atoms with Gasteiger partial charge in [0.15, 0.2) is 5.65 Å². The molecule has 0 radical (unpaired) electrons. The zero-order valence-corrected chi connectivity index (χ0v) is 8.36. The minimum absolute atomic E-state index is 0.395. The topological polar surface area (TPSA) is 51.8 Å². The maximum absolute atomic E-state index is 5.84. The van der Waals surface area contributed by atoms with Crippen LogP contribution in [-0.4, -0.2) is 9.97 Å². The minimum Gasteiger partial charge on any atom is -0.383 e. The second-order valence-corrected chi connectivity index (χ2v) is 3.67. The summed E-state index contributed by atoms with van der Waals surface area (Å²) in [4.78, 5) is 8.41. The van der Waals surface area contributed by atoms with E-state index < -0.39 is 0 Å². The van der Waals surface area contributed by atoms with Gasteiger partial charge in [0.05, 0.1) is 0 Å². The van der Waals surface area contributed by atoms with Crippen molar-refractivity contribution in [3.05, 3.63) is 30.0 Å². The average Bonchev–Trinajstić information content (AvgIpc) is 2.16. The molecule has 0 amide bonds. The summed E-state index contributed by atoms with van der Waals surface area (Å²) >= 11 is 0. The number of nitrogens with two attached hydrogens (primary N) is 1. The third kappa shape index (κ3) is 1.41. The standard InChI is InChI=1S/C11H13N3/c1-7(2)9-6-8-4-3-5-13-11(8)14-10(9)12/h3-7H,1-2H3,(H2,12,13,14). The van der Waals surface area contributed by atoms with Gasteiger partial charge < -0.3 is 5.73 Å². The summed E-state index contributed by atoms with van der Waals surface area (Å²) < 4.78 is 0. The minimum atomic E-state index is 0.395. The molecule has 0 aromatic carbocycles. The number of fused-ring (bicyclic) bond motifs is 1. The first-order valence-corrected chi connectivity index (χ1v) is 4.69. The van der Waals surface area contributed by atoms with Crippen molar-refractivity contribution in [2.75, 3.05) is 5.73 Å². The molecular weight excluding hydrogens is 174 g/mol. The van der Waals surface area contributed by atoms with E-state index in [9.17, 15) is 0 Å². The molecule has 2 rings (SSSR count). The van der Waals surface area contributed by atoms with Crippen LogP contribution in [0.5, 0.6) is 0 Å². The molecule has 3 nitrogen and oxygen atoms in total. The van der Waals surface area contributed by atoms with E-state index in [1.165, 1.54) is 0 Å². The molecule has 0 saturated heterocycles. The van der Waals surface area contributed by atoms with Crippen molar-refractivity contribution in [2.45, 2.75) is 19.8 Å². The number of anilines is 1. The first-order chi connectivity index (χ1) is 6.68. The Morgan fingerprint density at radius 2 is 2.14 bits per heavy atom. The quantitative estimate of drug-likeness (QED) is 0.745. The van der Waals surface area contributed by atoms with Gasteiger partial charge in [-0.25, -0.2) is 9.97 Å². The van der Waals surface area contributed by atoms with E-state index in [1.54, 1.807) is 6.20 Å². The summed E-state index contributed by atoms with van der Waals surface area (Å²) in [5.41, 5.74) is 7.64. The molecule has 0 aliphatic heterocycles. The first-order valence-electron chi connectivity index (χ1n) is 4.69. The third-order valence-corrected chi connectivity index (χ3v) is 2.27. The molecule has 14 heavy (non-hydrogen) atoms. The van der Waals surface area contributed by atoms with E-state index >= 15 is 0 Å². The molecule has 2 aromatic rings. The van der Waals surface area contributed by atoms with Crippen molar-refractivity contribution in [1.29, 1.82) is 0 Å². The van der Waals surface area contributed by atoms with Crippen molar-refractivity contribution in [1.82, 2.24) is 9.97 Å². The monoisotopic (exact) mass is 187 g/mol. The predicted molar refractivity (Wildman–Crippen MR) is 58.0 cm³/mol. The van der Waals surface area contributed by atoms with E-state index in [0.717, 1.165) is 16.6 Å². The maximum atomic E-state index is 5.84. The SMILES string of the molecule is CC(C)c1cc2cccnc2nc1N. The largest absolute Gasteiger partial charge is 0.383 e. The lowest BCUT2D eigenvalue weighted by Crippen LogP contribution is -2.00. The van der Waals surface area contributed by atoms with Gasteiger partial charge in [0, 0.05) is 11.6 Å². The second-order valence-electron chi connectivity index (χ2n) is 3.67. The smallest absolute Gasteiger partial charge is 0.161 e. The summed E-state index contributed by atoms with van der Waals surface area (Å²) in [6.45, 7) is 4.21. The Bertz CT molecular complexity index is 463. The Morgan fingerprint density at radius 3 is 2.86 bits per heavy atom. The maximum Gasteiger partial charge on any atom is 0.161 e. The van der Waals surface area contributed by atoms with Gasteiger partial charge in [0.1, 0.15) is 5.82 Å². The predicted octanol–water partition coefficient (Wildman–Crippen LogP) is 2.34. The molecular formula is C11H13N3. The molecule has 0 atom stereocenters. The lowest BCUT2D eigenvalue weighted by Gasteiger charge is -2.09. The number of rotatable bonds is 1. The van der Waals surface area contributed by atoms with E-state index in [4.69, 9.17) is 5.73 Å². The van der Waals surface area contributed by atoms with Crippen LogP contribution >= 0.6 is 0 Å². The van der Waals surface area contributed by atoms with Crippen molar-refractivity contribution >= 4 is 16.9 Å². The molecule has 2 aromatic heterocycles. The Hall–Kier alpha value is -1.64. The summed E-state index contributed by atoms with van der Waals surface area (Å²) in [7, 11) is 0. The van der Waals surface area contributed by atoms with Gasteiger partial charge in [-0.1, -0.05) is 13.8 Å². The molecule has 0 aliphatic carbocycles. The number of nitrogens with zero attached hydrogens (tertiary/aromatic N) is 2. The molecule has 3 heteroatoms. The fourth-order valence-corrected chi connectivity index (χ4v) is 1.50. The van der Waals surface area contributed by atoms with Crippen LogP contribution in [0.1, 0.15) is 25.3 Å². The number of aromatic nitrogens is 2. The Kier molecular flexibility index (Phi) is 2.08. The van der Waals surface area contributed by atoms with Crippen LogP contribution in [0.2, 0.25) is 0 Å². The second kappa shape index (κ2) is 3.25. The average molecular weight is 187 g/mol. The summed E-state index contributed by atoms with van der Waals surface area (Å²) in [5.74, 6) is 0.985. The first kappa shape index (κ1) is 8.94. The number of hydrogen-bond donors (Lipinski definition) is 1. The molecule has 2 N–H and O–H groups in total. The number of nitrogen functional groups attached to an aromatic ring is 1. The highest BCUT2D eigenvalue weighted by Crippen LogP contribution is 2.23. The Balaban J connectivity index is 2.71. The normalized spacial score (nSPS) is 11.1. The molecule has 0 spiro atoms. The van der Waals surface area contributed by atoms with Crippen molar-refractivity contribution < 1.29 is 0 Å². The van der Waals surface area contributed by atoms with Crippen LogP contribution < -0.4 is 5.73 Å². The number of hydrogen-bond acceptors (Lipinski definition) is 3. The van der Waals surface area contributed by atoms with Gasteiger partial charge in [-0.3, -0.25) is 0 Å². The Labute approximate surface area is 83.0 Å². The molecule has 2 heterocycles. The summed E-state index contributed by atoms with van der Waals surface area (Å²) in [6, 6.07) is 5.97. The molecule has 0 aliphatic rings. The van der Waals surface area contributed by atoms with Crippen LogP contribution in [0, 0.1) is 0 Å². The van der Waals surface area contributed by atoms with Gasteiger partial charge in [-0.15, -0.1) is 0 Å². The van der Waals surface area contributed by atoms with Crippen LogP contribution in [-0.2, 0) is 0 Å². The molecule has 0 saturated carbocycles. The van der Waals surface area contributed by atoms with Crippen LogP contribution in [0.4, 0.5) is 5.82 Å². The summed E-state index contributed by atoms with van der Waals surface area (Å²) in [5, 5.41) is 1.05. The van der Waals surface area contributed by atoms with Crippen molar-refractivity contribution in [2.24, 2.45) is 0 Å². The molecule has 0 bridgehead atoms. The highest BCUT2D eigenvalue weighted by atomic mass is 14.9. The van der Waals surface area contributed by atoms with Gasteiger partial charge in [-0.05, 0) is 29.7 Å². The Morgan fingerprint density at radius 1 is 1.36 bits per heavy atom. The van der Waals surface area contributed by atoms with Crippen LogP contribution in [0.25, 0.3) is 11.0 Å². The molecule has 72 valence electrons.